The van der Waals surface area contributed by atoms with Gasteiger partial charge in [-0.1, -0.05) is 18.2 Å². The van der Waals surface area contributed by atoms with Crippen molar-refractivity contribution in [2.45, 2.75) is 6.61 Å². The molecule has 1 aromatic heterocycles. The number of benzene rings is 2. The minimum absolute atomic E-state index is 0.0283. The topological polar surface area (TPSA) is 59.4 Å². The Balaban J connectivity index is 1.86. The first kappa shape index (κ1) is 13.5. The van der Waals surface area contributed by atoms with Gasteiger partial charge in [-0.25, -0.2) is 14.2 Å². The van der Waals surface area contributed by atoms with Crippen molar-refractivity contribution < 1.29 is 19.0 Å². The van der Waals surface area contributed by atoms with E-state index in [-0.39, 0.29) is 17.9 Å². The number of nitrogens with zero attached hydrogens (tertiary/aromatic N) is 1. The predicted molar refractivity (Wildman–Crippen MR) is 77.3 cm³/mol. The van der Waals surface area contributed by atoms with Gasteiger partial charge in [0.05, 0.1) is 10.2 Å². The van der Waals surface area contributed by atoms with E-state index in [0.717, 1.165) is 10.2 Å². The maximum atomic E-state index is 13.7. The highest BCUT2D eigenvalue weighted by atomic mass is 32.1. The van der Waals surface area contributed by atoms with E-state index in [2.05, 4.69) is 4.98 Å². The van der Waals surface area contributed by atoms with Gasteiger partial charge in [-0.2, -0.15) is 0 Å². The third-order valence-electron chi connectivity index (χ3n) is 2.88. The third-order valence-corrected chi connectivity index (χ3v) is 3.89. The number of aromatic nitrogens is 1. The molecule has 0 bridgehead atoms. The van der Waals surface area contributed by atoms with Crippen LogP contribution in [0.5, 0.6) is 5.75 Å². The number of para-hydroxylation sites is 2. The highest BCUT2D eigenvalue weighted by Crippen LogP contribution is 2.26. The van der Waals surface area contributed by atoms with Gasteiger partial charge in [-0.05, 0) is 24.3 Å². The first-order valence-electron chi connectivity index (χ1n) is 6.14. The summed E-state index contributed by atoms with van der Waals surface area (Å²) in [7, 11) is 0. The minimum atomic E-state index is -1.23. The molecule has 0 aliphatic heterocycles. The third kappa shape index (κ3) is 2.71. The quantitative estimate of drug-likeness (QED) is 0.798. The van der Waals surface area contributed by atoms with Crippen LogP contribution in [0.25, 0.3) is 10.2 Å². The molecule has 0 unspecified atom stereocenters. The molecule has 0 atom stereocenters. The van der Waals surface area contributed by atoms with Crippen LogP contribution in [-0.4, -0.2) is 16.1 Å². The van der Waals surface area contributed by atoms with E-state index >= 15 is 0 Å². The molecule has 4 nitrogen and oxygen atoms in total. The van der Waals surface area contributed by atoms with Crippen LogP contribution in [0.4, 0.5) is 4.39 Å². The van der Waals surface area contributed by atoms with Gasteiger partial charge in [0, 0.05) is 0 Å². The van der Waals surface area contributed by atoms with Crippen molar-refractivity contribution in [1.29, 1.82) is 0 Å². The summed E-state index contributed by atoms with van der Waals surface area (Å²) in [4.78, 5) is 15.4. The monoisotopic (exact) mass is 303 g/mol. The van der Waals surface area contributed by atoms with E-state index in [0.29, 0.717) is 5.01 Å². The Morgan fingerprint density at radius 1 is 1.24 bits per heavy atom. The van der Waals surface area contributed by atoms with Crippen LogP contribution in [0, 0.1) is 5.82 Å². The van der Waals surface area contributed by atoms with Gasteiger partial charge in [0.15, 0.2) is 11.6 Å². The highest BCUT2D eigenvalue weighted by Gasteiger charge is 2.16. The van der Waals surface area contributed by atoms with Crippen LogP contribution in [0.1, 0.15) is 15.4 Å². The fourth-order valence-electron chi connectivity index (χ4n) is 1.94. The molecule has 3 aromatic rings. The molecule has 1 N–H and O–H groups in total. The number of ether oxygens (including phenoxy) is 1. The predicted octanol–water partition coefficient (Wildman–Crippen LogP) is 3.71. The van der Waals surface area contributed by atoms with Gasteiger partial charge in [-0.3, -0.25) is 0 Å². The molecule has 6 heteroatoms. The standard InChI is InChI=1S/C15H10FNO3S/c16-10-5-3-4-9(15(18)19)14(10)20-8-13-17-11-6-1-2-7-12(11)21-13/h1-7H,8H2,(H,18,19). The number of aromatic carboxylic acids is 1. The summed E-state index contributed by atoms with van der Waals surface area (Å²) >= 11 is 1.43. The average molecular weight is 303 g/mol. The molecule has 0 amide bonds. The first-order chi connectivity index (χ1) is 10.1. The summed E-state index contributed by atoms with van der Waals surface area (Å²) in [6.45, 7) is 0.0283. The number of rotatable bonds is 4. The molecule has 0 fully saturated rings. The van der Waals surface area contributed by atoms with Gasteiger partial charge in [0.1, 0.15) is 17.2 Å². The zero-order valence-electron chi connectivity index (χ0n) is 10.7. The first-order valence-corrected chi connectivity index (χ1v) is 6.96. The Labute approximate surface area is 123 Å². The summed E-state index contributed by atoms with van der Waals surface area (Å²) in [6, 6.07) is 11.4. The molecule has 0 spiro atoms. The fourth-order valence-corrected chi connectivity index (χ4v) is 2.82. The second-order valence-electron chi connectivity index (χ2n) is 4.29. The normalized spacial score (nSPS) is 10.7. The van der Waals surface area contributed by atoms with Gasteiger partial charge in [0.2, 0.25) is 0 Å². The number of halogens is 1. The Morgan fingerprint density at radius 2 is 2.05 bits per heavy atom. The number of thiazole rings is 1. The molecule has 1 heterocycles. The Morgan fingerprint density at radius 3 is 2.81 bits per heavy atom. The van der Waals surface area contributed by atoms with Crippen molar-refractivity contribution in [3.63, 3.8) is 0 Å². The van der Waals surface area contributed by atoms with E-state index in [4.69, 9.17) is 9.84 Å². The Bertz CT molecular complexity index is 783. The van der Waals surface area contributed by atoms with E-state index < -0.39 is 11.8 Å². The molecule has 106 valence electrons. The fraction of sp³-hybridized carbons (Fsp3) is 0.0667. The van der Waals surface area contributed by atoms with Gasteiger partial charge in [-0.15, -0.1) is 11.3 Å². The van der Waals surface area contributed by atoms with Crippen LogP contribution < -0.4 is 4.74 Å². The summed E-state index contributed by atoms with van der Waals surface area (Å²) in [5, 5.41) is 9.70. The zero-order valence-corrected chi connectivity index (χ0v) is 11.6. The summed E-state index contributed by atoms with van der Waals surface area (Å²) < 4.78 is 20.1. The lowest BCUT2D eigenvalue weighted by atomic mass is 10.2. The minimum Gasteiger partial charge on any atom is -0.482 e. The SMILES string of the molecule is O=C(O)c1cccc(F)c1OCc1nc2ccccc2s1. The number of hydrogen-bond donors (Lipinski definition) is 1. The molecule has 0 aliphatic rings. The molecular weight excluding hydrogens is 293 g/mol. The van der Waals surface area contributed by atoms with Crippen LogP contribution >= 0.6 is 11.3 Å². The van der Waals surface area contributed by atoms with Crippen LogP contribution in [-0.2, 0) is 6.61 Å². The molecule has 0 saturated heterocycles. The van der Waals surface area contributed by atoms with Gasteiger partial charge >= 0.3 is 5.97 Å². The van der Waals surface area contributed by atoms with E-state index in [1.54, 1.807) is 0 Å². The summed E-state index contributed by atoms with van der Waals surface area (Å²) in [5.74, 6) is -2.19. The zero-order chi connectivity index (χ0) is 14.8. The smallest absolute Gasteiger partial charge is 0.339 e. The Hall–Kier alpha value is -2.47. The Kier molecular flexibility index (Phi) is 3.53. The summed E-state index contributed by atoms with van der Waals surface area (Å²) in [6.07, 6.45) is 0. The molecule has 2 aromatic carbocycles. The highest BCUT2D eigenvalue weighted by molar-refractivity contribution is 7.18. The van der Waals surface area contributed by atoms with E-state index in [1.807, 2.05) is 24.3 Å². The number of hydrogen-bond acceptors (Lipinski definition) is 4. The van der Waals surface area contributed by atoms with Crippen LogP contribution in [0.3, 0.4) is 0 Å². The number of carboxylic acid groups (broad SMARTS) is 1. The largest absolute Gasteiger partial charge is 0.482 e. The lowest BCUT2D eigenvalue weighted by Crippen LogP contribution is -2.05. The van der Waals surface area contributed by atoms with Crippen molar-refractivity contribution in [2.24, 2.45) is 0 Å². The second kappa shape index (κ2) is 5.49. The number of carbonyl (C=O) groups is 1. The molecule has 21 heavy (non-hydrogen) atoms. The van der Waals surface area contributed by atoms with Crippen LogP contribution in [0.2, 0.25) is 0 Å². The lowest BCUT2D eigenvalue weighted by Gasteiger charge is -2.08. The van der Waals surface area contributed by atoms with E-state index in [9.17, 15) is 9.18 Å². The lowest BCUT2D eigenvalue weighted by molar-refractivity contribution is 0.0690. The van der Waals surface area contributed by atoms with Crippen molar-refractivity contribution in [2.75, 3.05) is 0 Å². The summed E-state index contributed by atoms with van der Waals surface area (Å²) in [5.41, 5.74) is 0.643. The second-order valence-corrected chi connectivity index (χ2v) is 5.40. The van der Waals surface area contributed by atoms with Gasteiger partial charge < -0.3 is 9.84 Å². The van der Waals surface area contributed by atoms with Crippen LogP contribution in [0.15, 0.2) is 42.5 Å². The van der Waals surface area contributed by atoms with Crippen molar-refractivity contribution in [3.8, 4) is 5.75 Å². The molecule has 3 rings (SSSR count). The maximum Gasteiger partial charge on any atom is 0.339 e. The van der Waals surface area contributed by atoms with Crippen molar-refractivity contribution in [1.82, 2.24) is 4.98 Å². The van der Waals surface area contributed by atoms with Crippen molar-refractivity contribution >= 4 is 27.5 Å². The maximum absolute atomic E-state index is 13.7. The molecule has 0 saturated carbocycles. The number of fused-ring (bicyclic) bond motifs is 1. The molecule has 0 radical (unpaired) electrons. The molecular formula is C15H10FNO3S. The average Bonchev–Trinajstić information content (AvgIpc) is 2.88. The van der Waals surface area contributed by atoms with Crippen molar-refractivity contribution in [3.05, 3.63) is 58.9 Å². The van der Waals surface area contributed by atoms with Gasteiger partial charge in [0.25, 0.3) is 0 Å². The molecule has 0 aliphatic carbocycles. The van der Waals surface area contributed by atoms with E-state index in [1.165, 1.54) is 29.5 Å². The number of carboxylic acids is 1.